The van der Waals surface area contributed by atoms with Crippen LogP contribution in [0.4, 0.5) is 4.79 Å². The molecule has 3 heterocycles. The molecule has 1 aromatic rings. The number of likely N-dealkylation sites (tertiary alicyclic amines) is 1. The number of benzene rings is 1. The number of carbonyl (C=O) groups is 1. The summed E-state index contributed by atoms with van der Waals surface area (Å²) in [5.41, 5.74) is 1.95. The molecule has 0 unspecified atom stereocenters. The third-order valence-electron chi connectivity index (χ3n) is 4.95. The van der Waals surface area contributed by atoms with Crippen LogP contribution in [0.15, 0.2) is 23.8 Å². The van der Waals surface area contributed by atoms with E-state index in [9.17, 15) is 4.79 Å². The Morgan fingerprint density at radius 2 is 2.21 bits per heavy atom. The van der Waals surface area contributed by atoms with Crippen molar-refractivity contribution in [3.05, 3.63) is 29.3 Å². The first kappa shape index (κ1) is 15.3. The predicted molar refractivity (Wildman–Crippen MR) is 89.4 cm³/mol. The SMILES string of the molecule is COc1cccc2c1OCC(CN1CC[C@@]3(C1)CN(C)C(=O)O3)=C2. The molecule has 1 aromatic carbocycles. The van der Waals surface area contributed by atoms with Crippen molar-refractivity contribution < 1.29 is 19.0 Å². The number of amides is 1. The van der Waals surface area contributed by atoms with Crippen LogP contribution in [0, 0.1) is 0 Å². The molecular formula is C18H22N2O4. The van der Waals surface area contributed by atoms with E-state index in [2.05, 4.69) is 11.0 Å². The first-order valence-corrected chi connectivity index (χ1v) is 8.24. The lowest BCUT2D eigenvalue weighted by atomic mass is 10.0. The van der Waals surface area contributed by atoms with Crippen LogP contribution in [0.2, 0.25) is 0 Å². The second-order valence-corrected chi connectivity index (χ2v) is 6.84. The van der Waals surface area contributed by atoms with Crippen LogP contribution in [0.3, 0.4) is 0 Å². The zero-order chi connectivity index (χ0) is 16.7. The molecule has 1 atom stereocenters. The molecule has 0 aliphatic carbocycles. The summed E-state index contributed by atoms with van der Waals surface area (Å²) in [5.74, 6) is 1.58. The molecule has 2 saturated heterocycles. The van der Waals surface area contributed by atoms with E-state index < -0.39 is 0 Å². The quantitative estimate of drug-likeness (QED) is 0.848. The Hall–Kier alpha value is -2.21. The highest BCUT2D eigenvalue weighted by molar-refractivity contribution is 5.70. The molecule has 0 bridgehead atoms. The number of likely N-dealkylation sites (N-methyl/N-ethyl adjacent to an activating group) is 1. The number of methoxy groups -OCH3 is 1. The molecule has 1 spiro atoms. The highest BCUT2D eigenvalue weighted by atomic mass is 16.6. The van der Waals surface area contributed by atoms with Gasteiger partial charge in [0.05, 0.1) is 13.7 Å². The number of nitrogens with zero attached hydrogens (tertiary/aromatic N) is 2. The third kappa shape index (κ3) is 2.60. The van der Waals surface area contributed by atoms with E-state index in [0.29, 0.717) is 13.2 Å². The van der Waals surface area contributed by atoms with E-state index in [1.807, 2.05) is 18.2 Å². The second-order valence-electron chi connectivity index (χ2n) is 6.84. The molecule has 0 N–H and O–H groups in total. The molecule has 2 fully saturated rings. The highest BCUT2D eigenvalue weighted by Crippen LogP contribution is 2.36. The average Bonchev–Trinajstić information content (AvgIpc) is 3.08. The number of hydrogen-bond donors (Lipinski definition) is 0. The van der Waals surface area contributed by atoms with Crippen LogP contribution in [-0.4, -0.2) is 68.4 Å². The van der Waals surface area contributed by atoms with E-state index in [0.717, 1.165) is 43.1 Å². The average molecular weight is 330 g/mol. The molecular weight excluding hydrogens is 308 g/mol. The molecule has 128 valence electrons. The Kier molecular flexibility index (Phi) is 3.64. The number of rotatable bonds is 3. The zero-order valence-electron chi connectivity index (χ0n) is 14.1. The summed E-state index contributed by atoms with van der Waals surface area (Å²) >= 11 is 0. The Labute approximate surface area is 141 Å². The van der Waals surface area contributed by atoms with Crippen LogP contribution in [0.25, 0.3) is 6.08 Å². The lowest BCUT2D eigenvalue weighted by Gasteiger charge is -2.25. The molecule has 6 heteroatoms. The van der Waals surface area contributed by atoms with Gasteiger partial charge in [0.15, 0.2) is 11.5 Å². The Morgan fingerprint density at radius 3 is 2.96 bits per heavy atom. The Balaban J connectivity index is 1.45. The van der Waals surface area contributed by atoms with Crippen molar-refractivity contribution in [2.45, 2.75) is 12.0 Å². The Bertz CT molecular complexity index is 702. The van der Waals surface area contributed by atoms with Crippen molar-refractivity contribution in [3.63, 3.8) is 0 Å². The van der Waals surface area contributed by atoms with Crippen LogP contribution in [0.5, 0.6) is 11.5 Å². The predicted octanol–water partition coefficient (Wildman–Crippen LogP) is 2.00. The van der Waals surface area contributed by atoms with E-state index >= 15 is 0 Å². The van der Waals surface area contributed by atoms with Gasteiger partial charge in [-0.25, -0.2) is 4.79 Å². The summed E-state index contributed by atoms with van der Waals surface area (Å²) in [5, 5.41) is 0. The standard InChI is InChI=1S/C18H22N2O4/c1-19-11-18(24-17(19)21)6-7-20(12-18)9-13-8-14-4-3-5-15(22-2)16(14)23-10-13/h3-5,8H,6-7,9-12H2,1-2H3/t18-/m0/s1. The zero-order valence-corrected chi connectivity index (χ0v) is 14.1. The van der Waals surface area contributed by atoms with Crippen molar-refractivity contribution in [2.75, 3.05) is 46.9 Å². The van der Waals surface area contributed by atoms with Gasteiger partial charge in [-0.15, -0.1) is 0 Å². The normalized spacial score (nSPS) is 26.2. The van der Waals surface area contributed by atoms with Gasteiger partial charge in [0.2, 0.25) is 0 Å². The van der Waals surface area contributed by atoms with E-state index in [1.165, 1.54) is 5.57 Å². The smallest absolute Gasteiger partial charge is 0.410 e. The second kappa shape index (κ2) is 5.70. The van der Waals surface area contributed by atoms with Crippen molar-refractivity contribution in [1.29, 1.82) is 0 Å². The van der Waals surface area contributed by atoms with Crippen molar-refractivity contribution >= 4 is 12.2 Å². The van der Waals surface area contributed by atoms with Crippen molar-refractivity contribution in [3.8, 4) is 11.5 Å². The molecule has 4 rings (SSSR count). The van der Waals surface area contributed by atoms with Crippen LogP contribution in [-0.2, 0) is 4.74 Å². The van der Waals surface area contributed by atoms with Gasteiger partial charge in [-0.2, -0.15) is 0 Å². The minimum absolute atomic E-state index is 0.210. The molecule has 0 aromatic heterocycles. The summed E-state index contributed by atoms with van der Waals surface area (Å²) in [4.78, 5) is 15.7. The number of ether oxygens (including phenoxy) is 3. The molecule has 3 aliphatic heterocycles. The minimum atomic E-state index is -0.330. The van der Waals surface area contributed by atoms with E-state index in [1.54, 1.807) is 19.1 Å². The third-order valence-corrected chi connectivity index (χ3v) is 4.95. The fraction of sp³-hybridized carbons (Fsp3) is 0.500. The van der Waals surface area contributed by atoms with Crippen molar-refractivity contribution in [2.24, 2.45) is 0 Å². The first-order valence-electron chi connectivity index (χ1n) is 8.24. The minimum Gasteiger partial charge on any atom is -0.493 e. The number of hydrogen-bond acceptors (Lipinski definition) is 5. The number of carbonyl (C=O) groups excluding carboxylic acids is 1. The van der Waals surface area contributed by atoms with Gasteiger partial charge in [-0.1, -0.05) is 12.1 Å². The van der Waals surface area contributed by atoms with E-state index in [-0.39, 0.29) is 11.7 Å². The topological polar surface area (TPSA) is 51.2 Å². The van der Waals surface area contributed by atoms with Gasteiger partial charge < -0.3 is 19.1 Å². The highest BCUT2D eigenvalue weighted by Gasteiger charge is 2.48. The molecule has 3 aliphatic rings. The van der Waals surface area contributed by atoms with Gasteiger partial charge in [-0.05, 0) is 17.7 Å². The maximum atomic E-state index is 11.7. The molecule has 0 saturated carbocycles. The summed E-state index contributed by atoms with van der Waals surface area (Å²) in [6.07, 6.45) is 2.86. The summed E-state index contributed by atoms with van der Waals surface area (Å²) < 4.78 is 16.9. The monoisotopic (exact) mass is 330 g/mol. The fourth-order valence-electron chi connectivity index (χ4n) is 3.83. The first-order chi connectivity index (χ1) is 11.6. The van der Waals surface area contributed by atoms with Gasteiger partial charge in [0, 0.05) is 38.7 Å². The van der Waals surface area contributed by atoms with Crippen molar-refractivity contribution in [1.82, 2.24) is 9.80 Å². The van der Waals surface area contributed by atoms with E-state index in [4.69, 9.17) is 14.2 Å². The van der Waals surface area contributed by atoms with Crippen LogP contribution >= 0.6 is 0 Å². The molecule has 24 heavy (non-hydrogen) atoms. The maximum Gasteiger partial charge on any atom is 0.410 e. The summed E-state index contributed by atoms with van der Waals surface area (Å²) in [6, 6.07) is 5.92. The number of fused-ring (bicyclic) bond motifs is 1. The molecule has 0 radical (unpaired) electrons. The largest absolute Gasteiger partial charge is 0.493 e. The molecule has 1 amide bonds. The van der Waals surface area contributed by atoms with Gasteiger partial charge in [0.1, 0.15) is 12.2 Å². The fourth-order valence-corrected chi connectivity index (χ4v) is 3.83. The summed E-state index contributed by atoms with van der Waals surface area (Å²) in [7, 11) is 3.45. The Morgan fingerprint density at radius 1 is 1.33 bits per heavy atom. The lowest BCUT2D eigenvalue weighted by molar-refractivity contribution is 0.0640. The van der Waals surface area contributed by atoms with Crippen LogP contribution in [0.1, 0.15) is 12.0 Å². The maximum absolute atomic E-state index is 11.7. The summed E-state index contributed by atoms with van der Waals surface area (Å²) in [6.45, 7) is 3.79. The van der Waals surface area contributed by atoms with Gasteiger partial charge >= 0.3 is 6.09 Å². The van der Waals surface area contributed by atoms with Crippen LogP contribution < -0.4 is 9.47 Å². The molecule has 6 nitrogen and oxygen atoms in total. The lowest BCUT2D eigenvalue weighted by Crippen LogP contribution is -2.38. The van der Waals surface area contributed by atoms with Gasteiger partial charge in [0.25, 0.3) is 0 Å². The number of para-hydroxylation sites is 1. The van der Waals surface area contributed by atoms with Gasteiger partial charge in [-0.3, -0.25) is 4.90 Å².